The summed E-state index contributed by atoms with van der Waals surface area (Å²) in [6.45, 7) is 3.13. The summed E-state index contributed by atoms with van der Waals surface area (Å²) in [6, 6.07) is 0.184. The van der Waals surface area contributed by atoms with Crippen LogP contribution in [0.3, 0.4) is 0 Å². The number of rotatable bonds is 6. The van der Waals surface area contributed by atoms with E-state index in [0.717, 1.165) is 32.2 Å². The highest BCUT2D eigenvalue weighted by molar-refractivity contribution is 7.99. The van der Waals surface area contributed by atoms with Crippen LogP contribution in [0.2, 0.25) is 0 Å². The fourth-order valence-corrected chi connectivity index (χ4v) is 4.04. The zero-order chi connectivity index (χ0) is 12.2. The Hall–Kier alpha value is 0.260. The summed E-state index contributed by atoms with van der Waals surface area (Å²) in [4.78, 5) is 0. The molecule has 1 rings (SSSR count). The maximum Gasteiger partial charge on any atom is 0.151 e. The summed E-state index contributed by atoms with van der Waals surface area (Å²) in [7, 11) is -2.88. The molecule has 0 aromatic carbocycles. The van der Waals surface area contributed by atoms with E-state index in [1.54, 1.807) is 0 Å². The molecule has 3 atom stereocenters. The summed E-state index contributed by atoms with van der Waals surface area (Å²) in [6.07, 6.45) is 7.45. The van der Waals surface area contributed by atoms with Gasteiger partial charge in [-0.2, -0.15) is 11.8 Å². The molecule has 0 radical (unpaired) electrons. The first-order chi connectivity index (χ1) is 7.45. The molecule has 1 fully saturated rings. The Morgan fingerprint density at radius 1 is 1.44 bits per heavy atom. The molecule has 1 N–H and O–H groups in total. The third-order valence-electron chi connectivity index (χ3n) is 3.36. The van der Waals surface area contributed by atoms with Gasteiger partial charge in [-0.3, -0.25) is 0 Å². The SMILES string of the molecule is CSC(C)CCNC1CCCC1S(C)(=O)=O. The fourth-order valence-electron chi connectivity index (χ4n) is 2.26. The van der Waals surface area contributed by atoms with Gasteiger partial charge in [-0.15, -0.1) is 0 Å². The molecule has 0 saturated heterocycles. The Kier molecular flexibility index (Phi) is 5.61. The van der Waals surface area contributed by atoms with Crippen LogP contribution < -0.4 is 5.32 Å². The van der Waals surface area contributed by atoms with E-state index in [2.05, 4.69) is 18.5 Å². The van der Waals surface area contributed by atoms with Gasteiger partial charge >= 0.3 is 0 Å². The van der Waals surface area contributed by atoms with E-state index in [1.807, 2.05) is 11.8 Å². The summed E-state index contributed by atoms with van der Waals surface area (Å²) in [5, 5.41) is 3.90. The molecule has 0 amide bonds. The highest BCUT2D eigenvalue weighted by Crippen LogP contribution is 2.25. The zero-order valence-corrected chi connectivity index (χ0v) is 12.0. The van der Waals surface area contributed by atoms with E-state index in [-0.39, 0.29) is 11.3 Å². The second-order valence-corrected chi connectivity index (χ2v) is 8.24. The molecular weight excluding hydrogens is 242 g/mol. The van der Waals surface area contributed by atoms with Crippen molar-refractivity contribution in [2.75, 3.05) is 19.1 Å². The van der Waals surface area contributed by atoms with Crippen molar-refractivity contribution in [3.05, 3.63) is 0 Å². The lowest BCUT2D eigenvalue weighted by Crippen LogP contribution is -2.40. The number of hydrogen-bond donors (Lipinski definition) is 1. The molecule has 0 aromatic heterocycles. The van der Waals surface area contributed by atoms with Crippen LogP contribution in [0.25, 0.3) is 0 Å². The average Bonchev–Trinajstić information content (AvgIpc) is 2.65. The van der Waals surface area contributed by atoms with Crippen molar-refractivity contribution in [3.8, 4) is 0 Å². The highest BCUT2D eigenvalue weighted by Gasteiger charge is 2.34. The minimum atomic E-state index is -2.88. The quantitative estimate of drug-likeness (QED) is 0.794. The Morgan fingerprint density at radius 2 is 2.12 bits per heavy atom. The molecule has 1 saturated carbocycles. The standard InChI is InChI=1S/C11H23NO2S2/c1-9(15-2)7-8-12-10-5-4-6-11(10)16(3,13)14/h9-12H,4-8H2,1-3H3. The van der Waals surface area contributed by atoms with Gasteiger partial charge in [0.25, 0.3) is 0 Å². The lowest BCUT2D eigenvalue weighted by atomic mass is 10.2. The number of nitrogens with one attached hydrogen (secondary N) is 1. The monoisotopic (exact) mass is 265 g/mol. The Bertz CT molecular complexity index is 303. The normalized spacial score (nSPS) is 28.2. The van der Waals surface area contributed by atoms with E-state index < -0.39 is 9.84 Å². The molecule has 96 valence electrons. The van der Waals surface area contributed by atoms with Gasteiger partial charge in [0, 0.05) is 17.5 Å². The second-order valence-electron chi connectivity index (χ2n) is 4.69. The minimum Gasteiger partial charge on any atom is -0.313 e. The van der Waals surface area contributed by atoms with Crippen molar-refractivity contribution in [1.29, 1.82) is 0 Å². The largest absolute Gasteiger partial charge is 0.313 e. The van der Waals surface area contributed by atoms with Gasteiger partial charge in [0.05, 0.1) is 5.25 Å². The van der Waals surface area contributed by atoms with Crippen LogP contribution in [-0.2, 0) is 9.84 Å². The molecule has 0 aromatic rings. The molecule has 0 aliphatic heterocycles. The molecule has 0 bridgehead atoms. The fraction of sp³-hybridized carbons (Fsp3) is 1.00. The van der Waals surface area contributed by atoms with Crippen LogP contribution in [-0.4, -0.2) is 44.0 Å². The first-order valence-corrected chi connectivity index (χ1v) is 9.14. The first-order valence-electron chi connectivity index (χ1n) is 5.90. The van der Waals surface area contributed by atoms with Crippen molar-refractivity contribution in [1.82, 2.24) is 5.32 Å². The second kappa shape index (κ2) is 6.26. The van der Waals surface area contributed by atoms with Crippen LogP contribution >= 0.6 is 11.8 Å². The van der Waals surface area contributed by atoms with Crippen molar-refractivity contribution in [3.63, 3.8) is 0 Å². The predicted molar refractivity (Wildman–Crippen MR) is 71.9 cm³/mol. The van der Waals surface area contributed by atoms with Gasteiger partial charge < -0.3 is 5.32 Å². The van der Waals surface area contributed by atoms with Gasteiger partial charge in [0.2, 0.25) is 0 Å². The topological polar surface area (TPSA) is 46.2 Å². The molecule has 1 aliphatic carbocycles. The van der Waals surface area contributed by atoms with Gasteiger partial charge in [-0.1, -0.05) is 13.3 Å². The maximum atomic E-state index is 11.6. The van der Waals surface area contributed by atoms with Crippen molar-refractivity contribution >= 4 is 21.6 Å². The summed E-state index contributed by atoms with van der Waals surface area (Å²) >= 11 is 1.86. The molecule has 3 unspecified atom stereocenters. The van der Waals surface area contributed by atoms with E-state index in [1.165, 1.54) is 6.26 Å². The molecule has 0 spiro atoms. The van der Waals surface area contributed by atoms with E-state index in [9.17, 15) is 8.42 Å². The van der Waals surface area contributed by atoms with Crippen LogP contribution in [0, 0.1) is 0 Å². The van der Waals surface area contributed by atoms with Crippen molar-refractivity contribution in [2.24, 2.45) is 0 Å². The number of thioether (sulfide) groups is 1. The number of hydrogen-bond acceptors (Lipinski definition) is 4. The van der Waals surface area contributed by atoms with E-state index >= 15 is 0 Å². The van der Waals surface area contributed by atoms with Crippen LogP contribution in [0.4, 0.5) is 0 Å². The summed E-state index contributed by atoms with van der Waals surface area (Å²) in [5.41, 5.74) is 0. The summed E-state index contributed by atoms with van der Waals surface area (Å²) < 4.78 is 23.1. The third kappa shape index (κ3) is 4.26. The molecule has 3 nitrogen and oxygen atoms in total. The van der Waals surface area contributed by atoms with Gasteiger partial charge in [0.15, 0.2) is 9.84 Å². The van der Waals surface area contributed by atoms with Gasteiger partial charge in [0.1, 0.15) is 0 Å². The average molecular weight is 265 g/mol. The molecule has 0 heterocycles. The predicted octanol–water partition coefficient (Wildman–Crippen LogP) is 1.68. The maximum absolute atomic E-state index is 11.6. The van der Waals surface area contributed by atoms with Crippen LogP contribution in [0.15, 0.2) is 0 Å². The lowest BCUT2D eigenvalue weighted by molar-refractivity contribution is 0.501. The molecule has 16 heavy (non-hydrogen) atoms. The number of sulfone groups is 1. The van der Waals surface area contributed by atoms with Crippen molar-refractivity contribution < 1.29 is 8.42 Å². The zero-order valence-electron chi connectivity index (χ0n) is 10.4. The Labute approximate surface area is 104 Å². The summed E-state index contributed by atoms with van der Waals surface area (Å²) in [5.74, 6) is 0. The Balaban J connectivity index is 2.36. The van der Waals surface area contributed by atoms with Gasteiger partial charge in [-0.25, -0.2) is 8.42 Å². The lowest BCUT2D eigenvalue weighted by Gasteiger charge is -2.20. The third-order valence-corrected chi connectivity index (χ3v) is 6.07. The van der Waals surface area contributed by atoms with E-state index in [4.69, 9.17) is 0 Å². The molecule has 1 aliphatic rings. The van der Waals surface area contributed by atoms with E-state index in [0.29, 0.717) is 5.25 Å². The smallest absolute Gasteiger partial charge is 0.151 e. The van der Waals surface area contributed by atoms with Crippen LogP contribution in [0.5, 0.6) is 0 Å². The van der Waals surface area contributed by atoms with Crippen molar-refractivity contribution in [2.45, 2.75) is 49.1 Å². The molecular formula is C11H23NO2S2. The highest BCUT2D eigenvalue weighted by atomic mass is 32.2. The Morgan fingerprint density at radius 3 is 2.69 bits per heavy atom. The molecule has 5 heteroatoms. The minimum absolute atomic E-state index is 0.155. The van der Waals surface area contributed by atoms with Crippen LogP contribution in [0.1, 0.15) is 32.6 Å². The first kappa shape index (κ1) is 14.3. The van der Waals surface area contributed by atoms with Gasteiger partial charge in [-0.05, 0) is 32.1 Å².